The highest BCUT2D eigenvalue weighted by Crippen LogP contribution is 2.43. The Balaban J connectivity index is 1.32. The number of methoxy groups -OCH3 is 1. The van der Waals surface area contributed by atoms with Gasteiger partial charge in [0.25, 0.3) is 0 Å². The molecule has 3 aromatic carbocycles. The zero-order valence-electron chi connectivity index (χ0n) is 30.5. The molecule has 2 atom stereocenters. The number of aryl methyl sites for hydroxylation is 2. The van der Waals surface area contributed by atoms with Crippen molar-refractivity contribution in [3.05, 3.63) is 113 Å². The molecule has 0 aliphatic heterocycles. The normalized spacial score (nSPS) is 16.2. The molecule has 0 spiro atoms. The van der Waals surface area contributed by atoms with Gasteiger partial charge in [0, 0.05) is 52.3 Å². The Morgan fingerprint density at radius 3 is 2.42 bits per heavy atom. The smallest absolute Gasteiger partial charge is 0.141 e. The van der Waals surface area contributed by atoms with Crippen molar-refractivity contribution >= 4 is 21.8 Å². The van der Waals surface area contributed by atoms with Crippen molar-refractivity contribution < 1.29 is 9.47 Å². The van der Waals surface area contributed by atoms with E-state index in [-0.39, 0.29) is 0 Å². The van der Waals surface area contributed by atoms with Crippen molar-refractivity contribution in [2.75, 3.05) is 7.11 Å². The topological polar surface area (TPSA) is 54.1 Å². The van der Waals surface area contributed by atoms with Crippen LogP contribution in [0.25, 0.3) is 33.3 Å². The van der Waals surface area contributed by atoms with Crippen molar-refractivity contribution in [2.24, 2.45) is 5.92 Å². The van der Waals surface area contributed by atoms with E-state index in [9.17, 15) is 0 Å². The number of rotatable bonds is 12. The van der Waals surface area contributed by atoms with Crippen LogP contribution in [0.1, 0.15) is 94.7 Å². The Bertz CT molecular complexity index is 2170. The largest absolute Gasteiger partial charge is 0.497 e. The molecule has 0 N–H and O–H groups in total. The first-order valence-corrected chi connectivity index (χ1v) is 18.5. The first kappa shape index (κ1) is 33.6. The lowest BCUT2D eigenvalue weighted by Gasteiger charge is -2.30. The Labute approximate surface area is 296 Å². The van der Waals surface area contributed by atoms with Crippen LogP contribution < -0.4 is 9.47 Å². The van der Waals surface area contributed by atoms with Crippen molar-refractivity contribution in [1.29, 1.82) is 0 Å². The molecule has 0 saturated heterocycles. The number of nitrogens with zero attached hydrogens (tertiary/aromatic N) is 4. The molecule has 258 valence electrons. The molecule has 6 heteroatoms. The number of para-hydroxylation sites is 1. The van der Waals surface area contributed by atoms with Crippen molar-refractivity contribution in [3.63, 3.8) is 0 Å². The maximum atomic E-state index is 6.73. The molecule has 1 unspecified atom stereocenters. The van der Waals surface area contributed by atoms with E-state index in [0.717, 1.165) is 89.3 Å². The second-order valence-corrected chi connectivity index (χ2v) is 14.1. The maximum absolute atomic E-state index is 6.73. The first-order valence-electron chi connectivity index (χ1n) is 18.5. The summed E-state index contributed by atoms with van der Waals surface area (Å²) >= 11 is 0. The second kappa shape index (κ2) is 14.6. The van der Waals surface area contributed by atoms with Gasteiger partial charge < -0.3 is 9.47 Å². The summed E-state index contributed by atoms with van der Waals surface area (Å²) < 4.78 is 16.7. The lowest BCUT2D eigenvalue weighted by atomic mass is 9.74. The van der Waals surface area contributed by atoms with E-state index >= 15 is 0 Å². The van der Waals surface area contributed by atoms with Gasteiger partial charge in [-0.3, -0.25) is 4.57 Å². The Kier molecular flexibility index (Phi) is 9.80. The zero-order valence-corrected chi connectivity index (χ0v) is 30.5. The molecule has 6 nitrogen and oxygen atoms in total. The summed E-state index contributed by atoms with van der Waals surface area (Å²) in [5, 5.41) is 7.76. The molecule has 7 rings (SSSR count). The van der Waals surface area contributed by atoms with Gasteiger partial charge in [0.15, 0.2) is 0 Å². The monoisotopic (exact) mass is 666 g/mol. The van der Waals surface area contributed by atoms with Gasteiger partial charge >= 0.3 is 0 Å². The van der Waals surface area contributed by atoms with E-state index in [1.165, 1.54) is 40.8 Å². The molecule has 0 fully saturated rings. The van der Waals surface area contributed by atoms with E-state index in [1.54, 1.807) is 13.3 Å². The van der Waals surface area contributed by atoms with Gasteiger partial charge in [0.1, 0.15) is 23.1 Å². The van der Waals surface area contributed by atoms with E-state index in [1.807, 2.05) is 12.1 Å². The summed E-state index contributed by atoms with van der Waals surface area (Å²) in [7, 11) is 1.68. The third-order valence-electron chi connectivity index (χ3n) is 10.4. The Morgan fingerprint density at radius 2 is 1.62 bits per heavy atom. The lowest BCUT2D eigenvalue weighted by molar-refractivity contribution is 0.414. The van der Waals surface area contributed by atoms with Crippen LogP contribution in [-0.2, 0) is 12.8 Å². The van der Waals surface area contributed by atoms with Crippen LogP contribution in [0.4, 0.5) is 0 Å². The van der Waals surface area contributed by atoms with Crippen LogP contribution in [0.2, 0.25) is 0 Å². The highest BCUT2D eigenvalue weighted by molar-refractivity contribution is 6.09. The summed E-state index contributed by atoms with van der Waals surface area (Å²) in [6, 6.07) is 25.2. The van der Waals surface area contributed by atoms with Crippen molar-refractivity contribution in [1.82, 2.24) is 19.3 Å². The SMILES string of the molecule is CCCCc1nn(-c2cc(C)cc(Oc3ccc4c5ccccc5n(-c5cc(OC)ccn5)c4c3)c2)c(CCCC)c1C1C(C)=CCC[C@@H]1C. The van der Waals surface area contributed by atoms with Crippen LogP contribution in [0.3, 0.4) is 0 Å². The molecular weight excluding hydrogens is 617 g/mol. The standard InChI is InChI=1S/C44H50N4O2/c1-7-9-17-38-44(43-30(4)14-13-15-31(43)5)40(18-10-8-2)48(46-38)32-24-29(3)25-35(26-32)50-34-20-21-37-36-16-11-12-19-39(36)47(41(37)27-34)42-28-33(49-6)22-23-45-42/h11-12,14,16,19-28,31,43H,7-10,13,15,17-18H2,1-6H3/t31-,43?/m0/s1. The summed E-state index contributed by atoms with van der Waals surface area (Å²) in [6.07, 6.45) is 13.3. The third kappa shape index (κ3) is 6.44. The van der Waals surface area contributed by atoms with Crippen LogP contribution in [0.15, 0.2) is 90.6 Å². The number of hydrogen-bond donors (Lipinski definition) is 0. The molecule has 50 heavy (non-hydrogen) atoms. The molecule has 1 aliphatic carbocycles. The predicted octanol–water partition coefficient (Wildman–Crippen LogP) is 11.6. The number of pyridine rings is 1. The first-order chi connectivity index (χ1) is 24.4. The summed E-state index contributed by atoms with van der Waals surface area (Å²) in [5.41, 5.74) is 9.96. The number of fused-ring (bicyclic) bond motifs is 3. The van der Waals surface area contributed by atoms with Gasteiger partial charge in [0.05, 0.1) is 29.5 Å². The molecule has 0 bridgehead atoms. The van der Waals surface area contributed by atoms with E-state index in [0.29, 0.717) is 11.8 Å². The molecule has 3 heterocycles. The minimum Gasteiger partial charge on any atom is -0.497 e. The van der Waals surface area contributed by atoms with Crippen LogP contribution >= 0.6 is 0 Å². The van der Waals surface area contributed by atoms with Gasteiger partial charge in [-0.15, -0.1) is 0 Å². The molecule has 0 amide bonds. The molecule has 0 radical (unpaired) electrons. The van der Waals surface area contributed by atoms with Gasteiger partial charge in [-0.1, -0.05) is 63.5 Å². The fourth-order valence-electron chi connectivity index (χ4n) is 7.99. The number of benzene rings is 3. The molecule has 6 aromatic rings. The zero-order chi connectivity index (χ0) is 34.8. The van der Waals surface area contributed by atoms with Gasteiger partial charge in [-0.05, 0) is 100 Å². The van der Waals surface area contributed by atoms with E-state index < -0.39 is 0 Å². The number of unbranched alkanes of at least 4 members (excludes halogenated alkanes) is 2. The Morgan fingerprint density at radius 1 is 0.820 bits per heavy atom. The van der Waals surface area contributed by atoms with Crippen LogP contribution in [-0.4, -0.2) is 26.4 Å². The summed E-state index contributed by atoms with van der Waals surface area (Å²) in [6.45, 7) is 11.5. The lowest BCUT2D eigenvalue weighted by Crippen LogP contribution is -2.18. The average Bonchev–Trinajstić information content (AvgIpc) is 3.64. The quantitative estimate of drug-likeness (QED) is 0.122. The number of hydrogen-bond acceptors (Lipinski definition) is 4. The summed E-state index contributed by atoms with van der Waals surface area (Å²) in [5.74, 6) is 4.17. The van der Waals surface area contributed by atoms with Crippen molar-refractivity contribution in [3.8, 4) is 28.8 Å². The fraction of sp³-hybridized carbons (Fsp3) is 0.364. The number of ether oxygens (including phenoxy) is 2. The molecule has 0 saturated carbocycles. The minimum absolute atomic E-state index is 0.425. The number of aromatic nitrogens is 4. The molecule has 3 aromatic heterocycles. The van der Waals surface area contributed by atoms with Gasteiger partial charge in [-0.25, -0.2) is 9.67 Å². The maximum Gasteiger partial charge on any atom is 0.141 e. The van der Waals surface area contributed by atoms with E-state index in [4.69, 9.17) is 19.6 Å². The van der Waals surface area contributed by atoms with Crippen molar-refractivity contribution in [2.45, 2.75) is 91.9 Å². The highest BCUT2D eigenvalue weighted by atomic mass is 16.5. The second-order valence-electron chi connectivity index (χ2n) is 14.1. The van der Waals surface area contributed by atoms with Crippen LogP contribution in [0, 0.1) is 12.8 Å². The van der Waals surface area contributed by atoms with E-state index in [2.05, 4.69) is 111 Å². The van der Waals surface area contributed by atoms with Gasteiger partial charge in [0.2, 0.25) is 0 Å². The fourth-order valence-corrected chi connectivity index (χ4v) is 7.99. The summed E-state index contributed by atoms with van der Waals surface area (Å²) in [4.78, 5) is 4.73. The number of allylic oxidation sites excluding steroid dienone is 2. The average molecular weight is 667 g/mol. The van der Waals surface area contributed by atoms with Crippen LogP contribution in [0.5, 0.6) is 17.2 Å². The Hall–Kier alpha value is -4.84. The minimum atomic E-state index is 0.425. The predicted molar refractivity (Wildman–Crippen MR) is 206 cm³/mol. The molecule has 1 aliphatic rings. The van der Waals surface area contributed by atoms with Gasteiger partial charge in [-0.2, -0.15) is 5.10 Å². The third-order valence-corrected chi connectivity index (χ3v) is 10.4. The molecular formula is C44H50N4O2. The highest BCUT2D eigenvalue weighted by Gasteiger charge is 2.31.